The maximum Gasteiger partial charge on any atom is 0.254 e. The molecule has 3 heterocycles. The number of carbonyl (C=O) groups excluding carboxylic acids is 2. The summed E-state index contributed by atoms with van der Waals surface area (Å²) < 4.78 is 7.25. The van der Waals surface area contributed by atoms with Crippen LogP contribution >= 0.6 is 0 Å². The summed E-state index contributed by atoms with van der Waals surface area (Å²) in [4.78, 5) is 36.1. The van der Waals surface area contributed by atoms with Crippen LogP contribution in [-0.4, -0.2) is 57.4 Å². The first-order valence-electron chi connectivity index (χ1n) is 12.7. The van der Waals surface area contributed by atoms with Crippen LogP contribution in [0, 0.1) is 0 Å². The third kappa shape index (κ3) is 5.90. The number of hydrogen-bond acceptors (Lipinski definition) is 6. The average Bonchev–Trinajstić information content (AvgIpc) is 3.43. The molecule has 1 aliphatic rings. The van der Waals surface area contributed by atoms with Crippen molar-refractivity contribution in [1.29, 1.82) is 0 Å². The van der Waals surface area contributed by atoms with Gasteiger partial charge in [-0.15, -0.1) is 0 Å². The molecule has 2 aromatic carbocycles. The van der Waals surface area contributed by atoms with Gasteiger partial charge < -0.3 is 24.7 Å². The van der Waals surface area contributed by atoms with Crippen molar-refractivity contribution in [1.82, 2.24) is 19.3 Å². The molecule has 0 unspecified atom stereocenters. The molecule has 0 radical (unpaired) electrons. The Balaban J connectivity index is 1.36. The Kier molecular flexibility index (Phi) is 7.75. The first-order valence-corrected chi connectivity index (χ1v) is 12.7. The Morgan fingerprint density at radius 2 is 1.87 bits per heavy atom. The van der Waals surface area contributed by atoms with Crippen LogP contribution in [0.25, 0.3) is 16.9 Å². The second kappa shape index (κ2) is 11.7. The lowest BCUT2D eigenvalue weighted by Gasteiger charge is -2.26. The van der Waals surface area contributed by atoms with Crippen molar-refractivity contribution in [2.75, 3.05) is 36.9 Å². The Bertz CT molecular complexity index is 1450. The molecule has 1 fully saturated rings. The van der Waals surface area contributed by atoms with E-state index < -0.39 is 0 Å². The molecule has 2 aromatic heterocycles. The number of nitrogens with one attached hydrogen (secondary N) is 2. The number of fused-ring (bicyclic) bond motifs is 1. The lowest BCUT2D eigenvalue weighted by molar-refractivity contribution is -0.115. The van der Waals surface area contributed by atoms with Crippen molar-refractivity contribution >= 4 is 34.7 Å². The molecule has 0 spiro atoms. The van der Waals surface area contributed by atoms with E-state index in [1.165, 1.54) is 0 Å². The number of imidazole rings is 1. The molecule has 4 aromatic rings. The highest BCUT2D eigenvalue weighted by Gasteiger charge is 2.18. The van der Waals surface area contributed by atoms with Crippen molar-refractivity contribution in [2.45, 2.75) is 19.8 Å². The number of ether oxygens (including phenoxy) is 1. The van der Waals surface area contributed by atoms with Crippen LogP contribution in [0.5, 0.6) is 0 Å². The van der Waals surface area contributed by atoms with Gasteiger partial charge in [-0.2, -0.15) is 0 Å². The largest absolute Gasteiger partial charge is 0.378 e. The van der Waals surface area contributed by atoms with Gasteiger partial charge in [-0.3, -0.25) is 9.59 Å². The molecule has 0 saturated carbocycles. The molecule has 2 amide bonds. The summed E-state index contributed by atoms with van der Waals surface area (Å²) in [6.07, 6.45) is 10.6. The van der Waals surface area contributed by atoms with E-state index >= 15 is 0 Å². The number of rotatable bonds is 8. The Morgan fingerprint density at radius 3 is 2.66 bits per heavy atom. The topological polar surface area (TPSA) is 101 Å². The second-order valence-corrected chi connectivity index (χ2v) is 8.95. The van der Waals surface area contributed by atoms with Crippen molar-refractivity contribution in [3.8, 4) is 11.3 Å². The standard InChI is InChI=1S/C29H30N6O3/c1-2-3-4-8-26(36)31-24-7-5-6-22(19-24)25-20-35-14-13-30-28(35)27(33-25)32-23-11-9-21(10-12-23)29(37)34-15-17-38-18-16-34/h3-7,9-14,19-20H,2,8,15-18H2,1H3,(H,31,36)(H,32,33)/b4-3+. The predicted molar refractivity (Wildman–Crippen MR) is 148 cm³/mol. The monoisotopic (exact) mass is 510 g/mol. The fourth-order valence-corrected chi connectivity index (χ4v) is 4.26. The van der Waals surface area contributed by atoms with Crippen molar-refractivity contribution in [3.63, 3.8) is 0 Å². The van der Waals surface area contributed by atoms with E-state index in [2.05, 4.69) is 15.6 Å². The van der Waals surface area contributed by atoms with Gasteiger partial charge in [0.25, 0.3) is 5.91 Å². The minimum absolute atomic E-state index is 0.00368. The van der Waals surface area contributed by atoms with E-state index in [0.717, 1.165) is 23.4 Å². The first-order chi connectivity index (χ1) is 18.6. The molecule has 1 aliphatic heterocycles. The van der Waals surface area contributed by atoms with E-state index in [-0.39, 0.29) is 11.8 Å². The molecule has 0 bridgehead atoms. The number of nitrogens with zero attached hydrogens (tertiary/aromatic N) is 4. The molecule has 5 rings (SSSR count). The van der Waals surface area contributed by atoms with Crippen molar-refractivity contribution in [3.05, 3.63) is 84.8 Å². The van der Waals surface area contributed by atoms with Gasteiger partial charge in [-0.05, 0) is 42.8 Å². The smallest absolute Gasteiger partial charge is 0.254 e. The summed E-state index contributed by atoms with van der Waals surface area (Å²) in [5.74, 6) is 0.519. The van der Waals surface area contributed by atoms with Gasteiger partial charge in [-0.1, -0.05) is 31.2 Å². The molecule has 194 valence electrons. The molecule has 0 aliphatic carbocycles. The van der Waals surface area contributed by atoms with Crippen LogP contribution in [-0.2, 0) is 9.53 Å². The fraction of sp³-hybridized carbons (Fsp3) is 0.241. The summed E-state index contributed by atoms with van der Waals surface area (Å²) in [5, 5.41) is 6.29. The number of aromatic nitrogens is 3. The zero-order valence-corrected chi connectivity index (χ0v) is 21.3. The molecule has 0 atom stereocenters. The molecule has 38 heavy (non-hydrogen) atoms. The van der Waals surface area contributed by atoms with Gasteiger partial charge in [-0.25, -0.2) is 9.97 Å². The molecule has 9 heteroatoms. The number of morpholine rings is 1. The van der Waals surface area contributed by atoms with Gasteiger partial charge in [0.05, 0.1) is 18.9 Å². The van der Waals surface area contributed by atoms with E-state index in [9.17, 15) is 9.59 Å². The van der Waals surface area contributed by atoms with E-state index in [1.54, 1.807) is 6.20 Å². The van der Waals surface area contributed by atoms with Crippen molar-refractivity contribution in [2.24, 2.45) is 0 Å². The maximum absolute atomic E-state index is 12.8. The molecular formula is C29H30N6O3. The predicted octanol–water partition coefficient (Wildman–Crippen LogP) is 4.91. The van der Waals surface area contributed by atoms with Gasteiger partial charge in [0, 0.05) is 60.6 Å². The van der Waals surface area contributed by atoms with E-state index in [4.69, 9.17) is 9.72 Å². The lowest BCUT2D eigenvalue weighted by Crippen LogP contribution is -2.40. The van der Waals surface area contributed by atoms with Crippen LogP contribution in [0.2, 0.25) is 0 Å². The first kappa shape index (κ1) is 25.2. The van der Waals surface area contributed by atoms with Gasteiger partial charge in [0.1, 0.15) is 0 Å². The van der Waals surface area contributed by atoms with Gasteiger partial charge >= 0.3 is 0 Å². The van der Waals surface area contributed by atoms with E-state index in [0.29, 0.717) is 55.4 Å². The van der Waals surface area contributed by atoms with Crippen LogP contribution < -0.4 is 10.6 Å². The summed E-state index contributed by atoms with van der Waals surface area (Å²) in [6.45, 7) is 4.38. The molecular weight excluding hydrogens is 480 g/mol. The summed E-state index contributed by atoms with van der Waals surface area (Å²) >= 11 is 0. The third-order valence-electron chi connectivity index (χ3n) is 6.21. The van der Waals surface area contributed by atoms with E-state index in [1.807, 2.05) is 89.3 Å². The van der Waals surface area contributed by atoms with Crippen LogP contribution in [0.1, 0.15) is 30.1 Å². The highest BCUT2D eigenvalue weighted by atomic mass is 16.5. The minimum Gasteiger partial charge on any atom is -0.378 e. The number of carbonyl (C=O) groups is 2. The number of allylic oxidation sites excluding steroid dienone is 1. The Labute approximate surface area is 221 Å². The average molecular weight is 511 g/mol. The zero-order chi connectivity index (χ0) is 26.3. The van der Waals surface area contributed by atoms with Gasteiger partial charge in [0.15, 0.2) is 11.5 Å². The number of hydrogen-bond donors (Lipinski definition) is 2. The number of benzene rings is 2. The highest BCUT2D eigenvalue weighted by molar-refractivity contribution is 5.95. The van der Waals surface area contributed by atoms with Crippen molar-refractivity contribution < 1.29 is 14.3 Å². The van der Waals surface area contributed by atoms with Crippen LogP contribution in [0.3, 0.4) is 0 Å². The Hall–Kier alpha value is -4.50. The number of amides is 2. The maximum atomic E-state index is 12.8. The summed E-state index contributed by atoms with van der Waals surface area (Å²) in [5.41, 5.74) is 4.39. The fourth-order valence-electron chi connectivity index (χ4n) is 4.26. The lowest BCUT2D eigenvalue weighted by atomic mass is 10.1. The van der Waals surface area contributed by atoms with Gasteiger partial charge in [0.2, 0.25) is 5.91 Å². The number of anilines is 3. The minimum atomic E-state index is -0.0669. The highest BCUT2D eigenvalue weighted by Crippen LogP contribution is 2.26. The second-order valence-electron chi connectivity index (χ2n) is 8.95. The molecule has 1 saturated heterocycles. The quantitative estimate of drug-likeness (QED) is 0.327. The SMILES string of the molecule is CC/C=C/CC(=O)Nc1cccc(-c2cn3ccnc3c(Nc3ccc(C(=O)N4CCOCC4)cc3)n2)c1. The third-order valence-corrected chi connectivity index (χ3v) is 6.21. The summed E-state index contributed by atoms with van der Waals surface area (Å²) in [6, 6.07) is 15.0. The Morgan fingerprint density at radius 1 is 1.05 bits per heavy atom. The zero-order valence-electron chi connectivity index (χ0n) is 21.3. The normalized spacial score (nSPS) is 13.7. The van der Waals surface area contributed by atoms with Crippen LogP contribution in [0.4, 0.5) is 17.2 Å². The molecule has 2 N–H and O–H groups in total. The van der Waals surface area contributed by atoms with Crippen LogP contribution in [0.15, 0.2) is 79.3 Å². The molecule has 9 nitrogen and oxygen atoms in total. The summed E-state index contributed by atoms with van der Waals surface area (Å²) in [7, 11) is 0.